The highest BCUT2D eigenvalue weighted by Gasteiger charge is 2.28. The Bertz CT molecular complexity index is 727. The average Bonchev–Trinajstić information content (AvgIpc) is 2.47. The summed E-state index contributed by atoms with van der Waals surface area (Å²) in [5, 5.41) is 0. The molecule has 0 aliphatic heterocycles. The first-order valence-electron chi connectivity index (χ1n) is 6.46. The molecular formula is C17H13NO2. The van der Waals surface area contributed by atoms with Gasteiger partial charge in [0.25, 0.3) is 0 Å². The number of hydrogen-bond acceptors (Lipinski definition) is 3. The standard InChI is InChI=1S/C17H13NO2/c1-11-6-8-12(9-7-11)18-15-10-16(19)13-4-2-3-5-14(13)17(15)20/h2-9H,10H2,1H3. The second kappa shape index (κ2) is 4.85. The molecule has 98 valence electrons. The van der Waals surface area contributed by atoms with Crippen LogP contribution in [-0.2, 0) is 0 Å². The molecule has 0 heterocycles. The van der Waals surface area contributed by atoms with Gasteiger partial charge in [-0.15, -0.1) is 0 Å². The Hall–Kier alpha value is -2.55. The van der Waals surface area contributed by atoms with Crippen LogP contribution in [0.15, 0.2) is 53.5 Å². The van der Waals surface area contributed by atoms with Gasteiger partial charge in [0.2, 0.25) is 5.78 Å². The maximum Gasteiger partial charge on any atom is 0.208 e. The number of carbonyl (C=O) groups excluding carboxylic acids is 2. The summed E-state index contributed by atoms with van der Waals surface area (Å²) in [6.45, 7) is 1.99. The lowest BCUT2D eigenvalue weighted by molar-refractivity contribution is 0.0965. The van der Waals surface area contributed by atoms with E-state index >= 15 is 0 Å². The van der Waals surface area contributed by atoms with Crippen LogP contribution in [0.3, 0.4) is 0 Å². The largest absolute Gasteiger partial charge is 0.294 e. The van der Waals surface area contributed by atoms with E-state index in [1.54, 1.807) is 24.3 Å². The molecule has 0 N–H and O–H groups in total. The molecule has 3 heteroatoms. The molecule has 0 bridgehead atoms. The molecule has 0 saturated heterocycles. The third-order valence-electron chi connectivity index (χ3n) is 3.36. The van der Waals surface area contributed by atoms with Crippen molar-refractivity contribution in [3.05, 3.63) is 65.2 Å². The average molecular weight is 263 g/mol. The zero-order valence-electron chi connectivity index (χ0n) is 11.1. The van der Waals surface area contributed by atoms with Crippen LogP contribution in [0.2, 0.25) is 0 Å². The Morgan fingerprint density at radius 1 is 0.900 bits per heavy atom. The predicted octanol–water partition coefficient (Wildman–Crippen LogP) is 3.54. The second-order valence-electron chi connectivity index (χ2n) is 4.87. The fourth-order valence-corrected chi connectivity index (χ4v) is 2.27. The van der Waals surface area contributed by atoms with Crippen LogP contribution < -0.4 is 0 Å². The molecular weight excluding hydrogens is 250 g/mol. The number of Topliss-reactive ketones (excluding diaryl/α,β-unsaturated/α-hetero) is 2. The van der Waals surface area contributed by atoms with Gasteiger partial charge < -0.3 is 0 Å². The van der Waals surface area contributed by atoms with Crippen molar-refractivity contribution in [3.63, 3.8) is 0 Å². The smallest absolute Gasteiger partial charge is 0.208 e. The number of rotatable bonds is 1. The van der Waals surface area contributed by atoms with Crippen LogP contribution in [0.5, 0.6) is 0 Å². The number of hydrogen-bond donors (Lipinski definition) is 0. The first kappa shape index (κ1) is 12.5. The van der Waals surface area contributed by atoms with Crippen LogP contribution in [0, 0.1) is 6.92 Å². The Morgan fingerprint density at radius 2 is 1.55 bits per heavy atom. The van der Waals surface area contributed by atoms with E-state index in [1.165, 1.54) is 0 Å². The van der Waals surface area contributed by atoms with Gasteiger partial charge in [0.15, 0.2) is 5.78 Å². The summed E-state index contributed by atoms with van der Waals surface area (Å²) in [5.74, 6) is -0.202. The lowest BCUT2D eigenvalue weighted by Crippen LogP contribution is -2.26. The molecule has 3 rings (SSSR count). The highest BCUT2D eigenvalue weighted by atomic mass is 16.1. The van der Waals surface area contributed by atoms with Crippen LogP contribution in [0.4, 0.5) is 5.69 Å². The van der Waals surface area contributed by atoms with Crippen LogP contribution in [-0.4, -0.2) is 17.3 Å². The molecule has 0 spiro atoms. The molecule has 3 nitrogen and oxygen atoms in total. The van der Waals surface area contributed by atoms with E-state index in [1.807, 2.05) is 31.2 Å². The fraction of sp³-hybridized carbons (Fsp3) is 0.118. The monoisotopic (exact) mass is 263 g/mol. The van der Waals surface area contributed by atoms with Gasteiger partial charge in [0.05, 0.1) is 17.8 Å². The first-order valence-corrected chi connectivity index (χ1v) is 6.46. The molecule has 0 fully saturated rings. The summed E-state index contributed by atoms with van der Waals surface area (Å²) in [6, 6.07) is 14.5. The number of aryl methyl sites for hydroxylation is 1. The third-order valence-corrected chi connectivity index (χ3v) is 3.36. The van der Waals surface area contributed by atoms with Crippen molar-refractivity contribution in [1.82, 2.24) is 0 Å². The molecule has 0 aromatic heterocycles. The molecule has 1 aliphatic carbocycles. The molecule has 20 heavy (non-hydrogen) atoms. The van der Waals surface area contributed by atoms with E-state index in [9.17, 15) is 9.59 Å². The summed E-state index contributed by atoms with van der Waals surface area (Å²) in [5.41, 5.74) is 3.10. The minimum Gasteiger partial charge on any atom is -0.294 e. The van der Waals surface area contributed by atoms with Crippen molar-refractivity contribution >= 4 is 23.0 Å². The summed E-state index contributed by atoms with van der Waals surface area (Å²) in [4.78, 5) is 28.7. The van der Waals surface area contributed by atoms with E-state index in [-0.39, 0.29) is 18.0 Å². The summed E-state index contributed by atoms with van der Waals surface area (Å²) in [7, 11) is 0. The molecule has 0 atom stereocenters. The predicted molar refractivity (Wildman–Crippen MR) is 78.0 cm³/mol. The van der Waals surface area contributed by atoms with Gasteiger partial charge in [-0.1, -0.05) is 42.0 Å². The lowest BCUT2D eigenvalue weighted by Gasteiger charge is -2.15. The summed E-state index contributed by atoms with van der Waals surface area (Å²) < 4.78 is 0. The van der Waals surface area contributed by atoms with E-state index in [0.717, 1.165) is 5.56 Å². The molecule has 0 radical (unpaired) electrons. The van der Waals surface area contributed by atoms with Crippen LogP contribution >= 0.6 is 0 Å². The van der Waals surface area contributed by atoms with Crippen molar-refractivity contribution in [2.24, 2.45) is 4.99 Å². The molecule has 0 unspecified atom stereocenters. The minimum atomic E-state index is -0.152. The first-order chi connectivity index (χ1) is 9.65. The van der Waals surface area contributed by atoms with Gasteiger partial charge in [-0.05, 0) is 19.1 Å². The van der Waals surface area contributed by atoms with Gasteiger partial charge in [0, 0.05) is 11.1 Å². The Labute approximate surface area is 117 Å². The van der Waals surface area contributed by atoms with Crippen LogP contribution in [0.1, 0.15) is 32.7 Å². The number of fused-ring (bicyclic) bond motifs is 1. The van der Waals surface area contributed by atoms with E-state index in [2.05, 4.69) is 4.99 Å². The van der Waals surface area contributed by atoms with Crippen molar-refractivity contribution in [2.45, 2.75) is 13.3 Å². The van der Waals surface area contributed by atoms with E-state index in [0.29, 0.717) is 22.5 Å². The third kappa shape index (κ3) is 2.18. The molecule has 1 aliphatic rings. The van der Waals surface area contributed by atoms with E-state index < -0.39 is 0 Å². The van der Waals surface area contributed by atoms with E-state index in [4.69, 9.17) is 0 Å². The van der Waals surface area contributed by atoms with Crippen molar-refractivity contribution in [3.8, 4) is 0 Å². The number of nitrogens with zero attached hydrogens (tertiary/aromatic N) is 1. The Balaban J connectivity index is 2.03. The Morgan fingerprint density at radius 3 is 2.25 bits per heavy atom. The quantitative estimate of drug-likeness (QED) is 0.790. The fourth-order valence-electron chi connectivity index (χ4n) is 2.27. The molecule has 2 aromatic rings. The zero-order valence-corrected chi connectivity index (χ0v) is 11.1. The Kier molecular flexibility index (Phi) is 3.03. The van der Waals surface area contributed by atoms with Gasteiger partial charge in [-0.25, -0.2) is 4.99 Å². The van der Waals surface area contributed by atoms with Gasteiger partial charge in [0.1, 0.15) is 0 Å². The zero-order chi connectivity index (χ0) is 14.1. The maximum absolute atomic E-state index is 12.4. The SMILES string of the molecule is Cc1ccc(N=C2CC(=O)c3ccccc3C2=O)cc1. The second-order valence-corrected chi connectivity index (χ2v) is 4.87. The summed E-state index contributed by atoms with van der Waals surface area (Å²) >= 11 is 0. The van der Waals surface area contributed by atoms with Crippen LogP contribution in [0.25, 0.3) is 0 Å². The highest BCUT2D eigenvalue weighted by molar-refractivity contribution is 6.53. The van der Waals surface area contributed by atoms with Crippen molar-refractivity contribution in [2.75, 3.05) is 0 Å². The number of carbonyl (C=O) groups is 2. The number of benzene rings is 2. The lowest BCUT2D eigenvalue weighted by atomic mass is 9.88. The van der Waals surface area contributed by atoms with Gasteiger partial charge in [-0.3, -0.25) is 9.59 Å². The minimum absolute atomic E-state index is 0.0499. The topological polar surface area (TPSA) is 46.5 Å². The van der Waals surface area contributed by atoms with Gasteiger partial charge in [-0.2, -0.15) is 0 Å². The highest BCUT2D eigenvalue weighted by Crippen LogP contribution is 2.22. The number of ketones is 2. The molecule has 0 saturated carbocycles. The maximum atomic E-state index is 12.4. The van der Waals surface area contributed by atoms with Crippen molar-refractivity contribution < 1.29 is 9.59 Å². The normalized spacial score (nSPS) is 16.4. The molecule has 0 amide bonds. The summed E-state index contributed by atoms with van der Waals surface area (Å²) in [6.07, 6.45) is 0.0731. The number of aliphatic imine (C=N–C) groups is 1. The molecule has 2 aromatic carbocycles. The van der Waals surface area contributed by atoms with Crippen molar-refractivity contribution in [1.29, 1.82) is 0 Å². The van der Waals surface area contributed by atoms with Gasteiger partial charge >= 0.3 is 0 Å².